The SMILES string of the molecule is Cc1ccc(N(C(=O)O)C(C)(C)C)o1. The van der Waals surface area contributed by atoms with Crippen LogP contribution in [-0.2, 0) is 0 Å². The van der Waals surface area contributed by atoms with E-state index in [9.17, 15) is 4.79 Å². The van der Waals surface area contributed by atoms with Crippen LogP contribution in [0.5, 0.6) is 0 Å². The number of amides is 1. The second-order valence-electron chi connectivity index (χ2n) is 4.17. The summed E-state index contributed by atoms with van der Waals surface area (Å²) in [5.74, 6) is 1.07. The molecule has 4 heteroatoms. The fourth-order valence-corrected chi connectivity index (χ4v) is 1.25. The predicted octanol–water partition coefficient (Wildman–Crippen LogP) is 2.87. The van der Waals surface area contributed by atoms with Crippen LogP contribution in [0.25, 0.3) is 0 Å². The highest BCUT2D eigenvalue weighted by Gasteiger charge is 2.29. The molecule has 0 aliphatic rings. The van der Waals surface area contributed by atoms with Crippen molar-refractivity contribution in [1.29, 1.82) is 0 Å². The largest absolute Gasteiger partial charge is 0.465 e. The van der Waals surface area contributed by atoms with Gasteiger partial charge in [-0.05, 0) is 33.8 Å². The van der Waals surface area contributed by atoms with Crippen LogP contribution in [0.2, 0.25) is 0 Å². The molecule has 0 radical (unpaired) electrons. The topological polar surface area (TPSA) is 53.7 Å². The number of hydrogen-bond donors (Lipinski definition) is 1. The van der Waals surface area contributed by atoms with Crippen LogP contribution >= 0.6 is 0 Å². The Balaban J connectivity index is 3.07. The average molecular weight is 197 g/mol. The van der Waals surface area contributed by atoms with Crippen molar-refractivity contribution in [2.45, 2.75) is 33.2 Å². The van der Waals surface area contributed by atoms with Crippen molar-refractivity contribution in [2.75, 3.05) is 4.90 Å². The lowest BCUT2D eigenvalue weighted by Crippen LogP contribution is -2.44. The molecule has 1 aromatic rings. The molecule has 0 saturated heterocycles. The van der Waals surface area contributed by atoms with Gasteiger partial charge in [-0.25, -0.2) is 9.69 Å². The summed E-state index contributed by atoms with van der Waals surface area (Å²) in [7, 11) is 0. The van der Waals surface area contributed by atoms with Crippen LogP contribution in [0.15, 0.2) is 16.5 Å². The summed E-state index contributed by atoms with van der Waals surface area (Å²) in [6.07, 6.45) is -1.01. The van der Waals surface area contributed by atoms with E-state index in [4.69, 9.17) is 9.52 Å². The van der Waals surface area contributed by atoms with Gasteiger partial charge in [0.05, 0.1) is 0 Å². The molecule has 0 unspecified atom stereocenters. The summed E-state index contributed by atoms with van der Waals surface area (Å²) < 4.78 is 5.28. The number of carboxylic acid groups (broad SMARTS) is 1. The normalized spacial score (nSPS) is 11.4. The lowest BCUT2D eigenvalue weighted by molar-refractivity contribution is 0.193. The second-order valence-corrected chi connectivity index (χ2v) is 4.17. The van der Waals surface area contributed by atoms with E-state index in [0.717, 1.165) is 0 Å². The average Bonchev–Trinajstić information content (AvgIpc) is 2.31. The molecule has 0 aliphatic carbocycles. The van der Waals surface area contributed by atoms with Gasteiger partial charge in [-0.1, -0.05) is 0 Å². The lowest BCUT2D eigenvalue weighted by Gasteiger charge is -2.30. The molecule has 0 aliphatic heterocycles. The van der Waals surface area contributed by atoms with E-state index in [1.165, 1.54) is 4.90 Å². The molecule has 0 bridgehead atoms. The summed E-state index contributed by atoms with van der Waals surface area (Å²) in [5.41, 5.74) is -0.504. The number of aryl methyl sites for hydroxylation is 1. The van der Waals surface area contributed by atoms with Gasteiger partial charge in [-0.15, -0.1) is 0 Å². The minimum Gasteiger partial charge on any atom is -0.465 e. The van der Waals surface area contributed by atoms with Crippen molar-refractivity contribution < 1.29 is 14.3 Å². The van der Waals surface area contributed by atoms with E-state index in [1.54, 1.807) is 19.1 Å². The standard InChI is InChI=1S/C10H15NO3/c1-7-5-6-8(14-7)11(9(12)13)10(2,3)4/h5-6H,1-4H3,(H,12,13). The predicted molar refractivity (Wildman–Crippen MR) is 53.7 cm³/mol. The van der Waals surface area contributed by atoms with Gasteiger partial charge in [0, 0.05) is 11.6 Å². The van der Waals surface area contributed by atoms with Gasteiger partial charge in [-0.3, -0.25) is 0 Å². The van der Waals surface area contributed by atoms with Crippen LogP contribution < -0.4 is 4.90 Å². The molecule has 4 nitrogen and oxygen atoms in total. The maximum Gasteiger partial charge on any atom is 0.414 e. The Bertz CT molecular complexity index is 335. The first-order chi connectivity index (χ1) is 6.32. The zero-order valence-corrected chi connectivity index (χ0v) is 8.87. The van der Waals surface area contributed by atoms with Gasteiger partial charge >= 0.3 is 6.09 Å². The molecule has 0 saturated carbocycles. The molecule has 1 N–H and O–H groups in total. The number of anilines is 1. The Morgan fingerprint density at radius 2 is 2.00 bits per heavy atom. The third kappa shape index (κ3) is 2.07. The van der Waals surface area contributed by atoms with E-state index in [1.807, 2.05) is 20.8 Å². The van der Waals surface area contributed by atoms with Crippen molar-refractivity contribution in [3.63, 3.8) is 0 Å². The molecule has 1 aromatic heterocycles. The summed E-state index contributed by atoms with van der Waals surface area (Å²) in [4.78, 5) is 12.2. The van der Waals surface area contributed by atoms with Gasteiger partial charge in [0.25, 0.3) is 0 Å². The first-order valence-electron chi connectivity index (χ1n) is 4.42. The Kier molecular flexibility index (Phi) is 2.55. The minimum absolute atomic E-state index is 0.363. The van der Waals surface area contributed by atoms with Crippen molar-refractivity contribution in [2.24, 2.45) is 0 Å². The smallest absolute Gasteiger partial charge is 0.414 e. The zero-order chi connectivity index (χ0) is 10.9. The van der Waals surface area contributed by atoms with E-state index >= 15 is 0 Å². The quantitative estimate of drug-likeness (QED) is 0.753. The van der Waals surface area contributed by atoms with Crippen molar-refractivity contribution in [3.05, 3.63) is 17.9 Å². The first-order valence-corrected chi connectivity index (χ1v) is 4.42. The number of carbonyl (C=O) groups is 1. The molecule has 78 valence electrons. The highest BCUT2D eigenvalue weighted by Crippen LogP contribution is 2.25. The molecule has 0 atom stereocenters. The summed E-state index contributed by atoms with van der Waals surface area (Å²) >= 11 is 0. The molecule has 0 fully saturated rings. The number of nitrogens with zero attached hydrogens (tertiary/aromatic N) is 1. The molecule has 0 spiro atoms. The summed E-state index contributed by atoms with van der Waals surface area (Å²) in [6.45, 7) is 7.24. The van der Waals surface area contributed by atoms with Crippen LogP contribution in [0, 0.1) is 6.92 Å². The second kappa shape index (κ2) is 3.36. The fraction of sp³-hybridized carbons (Fsp3) is 0.500. The van der Waals surface area contributed by atoms with Gasteiger partial charge < -0.3 is 9.52 Å². The van der Waals surface area contributed by atoms with E-state index in [-0.39, 0.29) is 0 Å². The highest BCUT2D eigenvalue weighted by molar-refractivity contribution is 5.85. The van der Waals surface area contributed by atoms with Gasteiger partial charge in [0.2, 0.25) is 5.88 Å². The lowest BCUT2D eigenvalue weighted by atomic mass is 10.1. The van der Waals surface area contributed by atoms with E-state index in [2.05, 4.69) is 0 Å². The van der Waals surface area contributed by atoms with Crippen LogP contribution in [-0.4, -0.2) is 16.7 Å². The Morgan fingerprint density at radius 3 is 2.29 bits per heavy atom. The molecule has 1 rings (SSSR count). The molecule has 0 aromatic carbocycles. The van der Waals surface area contributed by atoms with Crippen molar-refractivity contribution in [3.8, 4) is 0 Å². The molecule has 1 heterocycles. The van der Waals surface area contributed by atoms with Gasteiger partial charge in [0.15, 0.2) is 0 Å². The van der Waals surface area contributed by atoms with Crippen molar-refractivity contribution >= 4 is 12.0 Å². The first kappa shape index (κ1) is 10.6. The van der Waals surface area contributed by atoms with Crippen LogP contribution in [0.4, 0.5) is 10.7 Å². The van der Waals surface area contributed by atoms with Crippen molar-refractivity contribution in [1.82, 2.24) is 0 Å². The van der Waals surface area contributed by atoms with Gasteiger partial charge in [0.1, 0.15) is 5.76 Å². The Labute approximate surface area is 83.1 Å². The molecular weight excluding hydrogens is 182 g/mol. The maximum absolute atomic E-state index is 11.0. The van der Waals surface area contributed by atoms with Crippen LogP contribution in [0.1, 0.15) is 26.5 Å². The van der Waals surface area contributed by atoms with Crippen LogP contribution in [0.3, 0.4) is 0 Å². The fourth-order valence-electron chi connectivity index (χ4n) is 1.25. The summed E-state index contributed by atoms with van der Waals surface area (Å²) in [6, 6.07) is 3.41. The van der Waals surface area contributed by atoms with E-state index < -0.39 is 11.6 Å². The number of furan rings is 1. The number of hydrogen-bond acceptors (Lipinski definition) is 2. The monoisotopic (exact) mass is 197 g/mol. The third-order valence-corrected chi connectivity index (χ3v) is 1.81. The van der Waals surface area contributed by atoms with E-state index in [0.29, 0.717) is 11.6 Å². The molecule has 1 amide bonds. The van der Waals surface area contributed by atoms with Gasteiger partial charge in [-0.2, -0.15) is 0 Å². The third-order valence-electron chi connectivity index (χ3n) is 1.81. The Hall–Kier alpha value is -1.45. The zero-order valence-electron chi connectivity index (χ0n) is 8.87. The Morgan fingerprint density at radius 1 is 1.43 bits per heavy atom. The maximum atomic E-state index is 11.0. The summed E-state index contributed by atoms with van der Waals surface area (Å²) in [5, 5.41) is 9.04. The molecule has 14 heavy (non-hydrogen) atoms. The highest BCUT2D eigenvalue weighted by atomic mass is 16.4. The molecular formula is C10H15NO3. The number of rotatable bonds is 1. The minimum atomic E-state index is -1.01.